The highest BCUT2D eigenvalue weighted by atomic mass is 16.6. The van der Waals surface area contributed by atoms with Crippen molar-refractivity contribution in [3.05, 3.63) is 30.4 Å². The average Bonchev–Trinajstić information content (AvgIpc) is 2.91. The highest BCUT2D eigenvalue weighted by Gasteiger charge is 2.46. The molecule has 7 heteroatoms. The number of nitrogens with zero attached hydrogens (tertiary/aromatic N) is 1. The summed E-state index contributed by atoms with van der Waals surface area (Å²) < 4.78 is 15.7. The van der Waals surface area contributed by atoms with Crippen LogP contribution in [0.25, 0.3) is 0 Å². The van der Waals surface area contributed by atoms with E-state index in [0.717, 1.165) is 0 Å². The molecular formula is C19H21NO6. The number of imide groups is 1. The van der Waals surface area contributed by atoms with Crippen molar-refractivity contribution in [3.63, 3.8) is 0 Å². The molecule has 1 saturated heterocycles. The lowest BCUT2D eigenvalue weighted by Crippen LogP contribution is -2.33. The molecule has 0 bridgehead atoms. The summed E-state index contributed by atoms with van der Waals surface area (Å²) in [5, 5.41) is 0. The van der Waals surface area contributed by atoms with Gasteiger partial charge in [0.2, 0.25) is 17.6 Å². The van der Waals surface area contributed by atoms with Crippen LogP contribution in [0, 0.1) is 11.8 Å². The van der Waals surface area contributed by atoms with Gasteiger partial charge in [-0.25, -0.2) is 0 Å². The second-order valence-electron chi connectivity index (χ2n) is 6.20. The highest BCUT2D eigenvalue weighted by Crippen LogP contribution is 2.37. The van der Waals surface area contributed by atoms with Crippen molar-refractivity contribution in [3.8, 4) is 17.2 Å². The van der Waals surface area contributed by atoms with Gasteiger partial charge in [-0.1, -0.05) is 18.2 Å². The fraction of sp³-hybridized carbons (Fsp3) is 0.421. The van der Waals surface area contributed by atoms with Crippen molar-refractivity contribution in [2.45, 2.75) is 19.3 Å². The molecule has 7 nitrogen and oxygen atoms in total. The van der Waals surface area contributed by atoms with Crippen LogP contribution in [0.2, 0.25) is 0 Å². The van der Waals surface area contributed by atoms with E-state index in [-0.39, 0.29) is 42.4 Å². The largest absolute Gasteiger partial charge is 0.493 e. The molecule has 0 spiro atoms. The van der Waals surface area contributed by atoms with Gasteiger partial charge in [0, 0.05) is 6.54 Å². The Labute approximate surface area is 151 Å². The number of hydrogen-bond acceptors (Lipinski definition) is 6. The Bertz CT molecular complexity index is 708. The number of para-hydroxylation sites is 1. The smallest absolute Gasteiger partial charge is 0.313 e. The number of carbonyl (C=O) groups excluding carboxylic acids is 3. The molecule has 2 atom stereocenters. The van der Waals surface area contributed by atoms with Crippen molar-refractivity contribution in [2.24, 2.45) is 11.8 Å². The standard InChI is InChI=1S/C19H21NO6/c1-24-14-8-5-9-15(25-2)17(14)26-16(21)10-11-20-18(22)12-6-3-4-7-13(12)19(20)23/h3-5,8-9,12-13H,6-7,10-11H2,1-2H3/t12-,13-/m0/s1. The molecule has 0 N–H and O–H groups in total. The van der Waals surface area contributed by atoms with Crippen LogP contribution in [-0.2, 0) is 14.4 Å². The zero-order valence-electron chi connectivity index (χ0n) is 14.8. The molecule has 138 valence electrons. The van der Waals surface area contributed by atoms with Gasteiger partial charge < -0.3 is 14.2 Å². The summed E-state index contributed by atoms with van der Waals surface area (Å²) >= 11 is 0. The summed E-state index contributed by atoms with van der Waals surface area (Å²) in [5.74, 6) is -0.651. The first-order valence-electron chi connectivity index (χ1n) is 8.48. The van der Waals surface area contributed by atoms with E-state index in [1.807, 2.05) is 12.2 Å². The van der Waals surface area contributed by atoms with Gasteiger partial charge in [-0.15, -0.1) is 0 Å². The minimum absolute atomic E-state index is 0.0148. The summed E-state index contributed by atoms with van der Waals surface area (Å²) in [6.45, 7) is 0.0148. The number of carbonyl (C=O) groups is 3. The van der Waals surface area contributed by atoms with Crippen LogP contribution in [0.15, 0.2) is 30.4 Å². The first-order chi connectivity index (χ1) is 12.6. The number of fused-ring (bicyclic) bond motifs is 1. The Morgan fingerprint density at radius 3 is 2.08 bits per heavy atom. The van der Waals surface area contributed by atoms with Crippen molar-refractivity contribution in [1.29, 1.82) is 0 Å². The Hall–Kier alpha value is -2.83. The van der Waals surface area contributed by atoms with Gasteiger partial charge in [0.05, 0.1) is 32.5 Å². The van der Waals surface area contributed by atoms with E-state index in [1.165, 1.54) is 19.1 Å². The van der Waals surface area contributed by atoms with Gasteiger partial charge in [-0.3, -0.25) is 19.3 Å². The SMILES string of the molecule is COc1cccc(OC)c1OC(=O)CCN1C(=O)[C@H]2CC=CC[C@@H]2C1=O. The fourth-order valence-corrected chi connectivity index (χ4v) is 3.38. The molecule has 1 aliphatic carbocycles. The second kappa shape index (κ2) is 7.59. The van der Waals surface area contributed by atoms with E-state index >= 15 is 0 Å². The van der Waals surface area contributed by atoms with Gasteiger partial charge in [0.1, 0.15) is 0 Å². The van der Waals surface area contributed by atoms with Crippen LogP contribution in [0.3, 0.4) is 0 Å². The van der Waals surface area contributed by atoms with Crippen molar-refractivity contribution >= 4 is 17.8 Å². The normalized spacial score (nSPS) is 21.5. The molecule has 1 aromatic rings. The molecule has 0 radical (unpaired) electrons. The Balaban J connectivity index is 1.63. The number of hydrogen-bond donors (Lipinski definition) is 0. The quantitative estimate of drug-likeness (QED) is 0.334. The lowest BCUT2D eigenvalue weighted by Gasteiger charge is -2.15. The summed E-state index contributed by atoms with van der Waals surface area (Å²) in [5.41, 5.74) is 0. The van der Waals surface area contributed by atoms with Crippen LogP contribution in [0.4, 0.5) is 0 Å². The first-order valence-corrected chi connectivity index (χ1v) is 8.48. The molecule has 2 aliphatic rings. The number of likely N-dealkylation sites (tertiary alicyclic amines) is 1. The molecule has 1 aromatic carbocycles. The number of amides is 2. The van der Waals surface area contributed by atoms with Gasteiger partial charge in [0.25, 0.3) is 0 Å². The third kappa shape index (κ3) is 3.29. The number of rotatable bonds is 6. The number of methoxy groups -OCH3 is 2. The number of benzene rings is 1. The Kier molecular flexibility index (Phi) is 5.25. The van der Waals surface area contributed by atoms with E-state index in [9.17, 15) is 14.4 Å². The van der Waals surface area contributed by atoms with Crippen LogP contribution in [0.5, 0.6) is 17.2 Å². The molecule has 1 fully saturated rings. The van der Waals surface area contributed by atoms with Crippen LogP contribution in [-0.4, -0.2) is 43.4 Å². The van der Waals surface area contributed by atoms with E-state index in [1.54, 1.807) is 18.2 Å². The molecule has 26 heavy (non-hydrogen) atoms. The summed E-state index contributed by atoms with van der Waals surface area (Å²) in [6.07, 6.45) is 4.92. The molecule has 0 unspecified atom stereocenters. The monoisotopic (exact) mass is 359 g/mol. The first kappa shape index (κ1) is 18.0. The van der Waals surface area contributed by atoms with Crippen LogP contribution < -0.4 is 14.2 Å². The van der Waals surface area contributed by atoms with Crippen LogP contribution >= 0.6 is 0 Å². The molecule has 1 aliphatic heterocycles. The third-order valence-electron chi connectivity index (χ3n) is 4.74. The predicted molar refractivity (Wildman–Crippen MR) is 91.9 cm³/mol. The number of ether oxygens (including phenoxy) is 3. The van der Waals surface area contributed by atoms with Crippen LogP contribution in [0.1, 0.15) is 19.3 Å². The Morgan fingerprint density at radius 2 is 1.58 bits per heavy atom. The zero-order chi connectivity index (χ0) is 18.7. The van der Waals surface area contributed by atoms with E-state index in [0.29, 0.717) is 24.3 Å². The minimum atomic E-state index is -0.568. The van der Waals surface area contributed by atoms with E-state index in [2.05, 4.69) is 0 Å². The summed E-state index contributed by atoms with van der Waals surface area (Å²) in [7, 11) is 2.92. The third-order valence-corrected chi connectivity index (χ3v) is 4.74. The van der Waals surface area contributed by atoms with Gasteiger partial charge in [0.15, 0.2) is 11.5 Å². The lowest BCUT2D eigenvalue weighted by molar-refractivity contribution is -0.141. The molecule has 0 saturated carbocycles. The molecular weight excluding hydrogens is 338 g/mol. The van der Waals surface area contributed by atoms with Crippen molar-refractivity contribution in [1.82, 2.24) is 4.90 Å². The maximum absolute atomic E-state index is 12.4. The minimum Gasteiger partial charge on any atom is -0.493 e. The van der Waals surface area contributed by atoms with Crippen molar-refractivity contribution in [2.75, 3.05) is 20.8 Å². The van der Waals surface area contributed by atoms with Gasteiger partial charge in [-0.2, -0.15) is 0 Å². The highest BCUT2D eigenvalue weighted by molar-refractivity contribution is 6.05. The Morgan fingerprint density at radius 1 is 1.04 bits per heavy atom. The maximum atomic E-state index is 12.4. The molecule has 3 rings (SSSR count). The number of allylic oxidation sites excluding steroid dienone is 2. The predicted octanol–water partition coefficient (Wildman–Crippen LogP) is 1.95. The van der Waals surface area contributed by atoms with Gasteiger partial charge in [-0.05, 0) is 25.0 Å². The maximum Gasteiger partial charge on any atom is 0.313 e. The van der Waals surface area contributed by atoms with Crippen molar-refractivity contribution < 1.29 is 28.6 Å². The average molecular weight is 359 g/mol. The number of esters is 1. The molecule has 0 aromatic heterocycles. The summed E-state index contributed by atoms with van der Waals surface area (Å²) in [6, 6.07) is 5.01. The van der Waals surface area contributed by atoms with E-state index in [4.69, 9.17) is 14.2 Å². The topological polar surface area (TPSA) is 82.1 Å². The van der Waals surface area contributed by atoms with E-state index < -0.39 is 5.97 Å². The second-order valence-corrected chi connectivity index (χ2v) is 6.20. The molecule has 1 heterocycles. The summed E-state index contributed by atoms with van der Waals surface area (Å²) in [4.78, 5) is 38.2. The molecule has 2 amide bonds. The zero-order valence-corrected chi connectivity index (χ0v) is 14.8. The fourth-order valence-electron chi connectivity index (χ4n) is 3.38. The lowest BCUT2D eigenvalue weighted by atomic mass is 9.85. The van der Waals surface area contributed by atoms with Gasteiger partial charge >= 0.3 is 5.97 Å².